The van der Waals surface area contributed by atoms with Crippen LogP contribution in [0.25, 0.3) is 5.76 Å². The third kappa shape index (κ3) is 4.08. The maximum absolute atomic E-state index is 13.1. The van der Waals surface area contributed by atoms with E-state index in [4.69, 9.17) is 25.9 Å². The molecule has 1 aromatic heterocycles. The first-order valence-electron chi connectivity index (χ1n) is 9.81. The lowest BCUT2D eigenvalue weighted by Gasteiger charge is -2.23. The molecule has 0 radical (unpaired) electrons. The Balaban J connectivity index is 1.88. The minimum Gasteiger partial charge on any atom is -0.507 e. The number of rotatable bonds is 6. The molecule has 1 atom stereocenters. The quantitative estimate of drug-likeness (QED) is 0.317. The zero-order valence-electron chi connectivity index (χ0n) is 17.3. The fourth-order valence-corrected chi connectivity index (χ4v) is 3.95. The number of carbonyl (C=O) groups excluding carboxylic acids is 2. The first kappa shape index (κ1) is 22.2. The highest BCUT2D eigenvalue weighted by Crippen LogP contribution is 2.43. The van der Waals surface area contributed by atoms with Crippen LogP contribution in [0.4, 0.5) is 5.69 Å². The summed E-state index contributed by atoms with van der Waals surface area (Å²) in [6.45, 7) is 0. The number of aliphatic hydroxyl groups excluding tert-OH is 1. The van der Waals surface area contributed by atoms with Crippen molar-refractivity contribution in [3.8, 4) is 5.75 Å². The number of carboxylic acids is 1. The van der Waals surface area contributed by atoms with Gasteiger partial charge in [-0.2, -0.15) is 0 Å². The number of carboxylic acid groups (broad SMARTS) is 1. The highest BCUT2D eigenvalue weighted by Gasteiger charge is 2.48. The number of hydrogen-bond donors (Lipinski definition) is 2. The summed E-state index contributed by atoms with van der Waals surface area (Å²) in [4.78, 5) is 38.4. The van der Waals surface area contributed by atoms with Gasteiger partial charge < -0.3 is 19.4 Å². The second-order valence-electron chi connectivity index (χ2n) is 7.27. The number of benzene rings is 2. The van der Waals surface area contributed by atoms with Crippen molar-refractivity contribution in [3.63, 3.8) is 0 Å². The molecule has 9 heteroatoms. The number of halogens is 1. The minimum atomic E-state index is -1.06. The second kappa shape index (κ2) is 8.84. The van der Waals surface area contributed by atoms with Crippen molar-refractivity contribution in [1.29, 1.82) is 0 Å². The summed E-state index contributed by atoms with van der Waals surface area (Å²) in [6.07, 6.45) is 1.21. The molecule has 168 valence electrons. The van der Waals surface area contributed by atoms with Crippen LogP contribution in [-0.4, -0.2) is 35.0 Å². The summed E-state index contributed by atoms with van der Waals surface area (Å²) in [5.41, 5.74) is 0.826. The van der Waals surface area contributed by atoms with Gasteiger partial charge in [0, 0.05) is 10.7 Å². The van der Waals surface area contributed by atoms with Crippen LogP contribution in [0.3, 0.4) is 0 Å². The molecule has 0 bridgehead atoms. The van der Waals surface area contributed by atoms with E-state index in [-0.39, 0.29) is 29.1 Å². The Morgan fingerprint density at radius 2 is 1.85 bits per heavy atom. The molecule has 1 saturated heterocycles. The highest BCUT2D eigenvalue weighted by atomic mass is 35.5. The minimum absolute atomic E-state index is 0.149. The molecular formula is C24H18ClNO7. The highest BCUT2D eigenvalue weighted by molar-refractivity contribution is 6.51. The van der Waals surface area contributed by atoms with E-state index >= 15 is 0 Å². The lowest BCUT2D eigenvalue weighted by molar-refractivity contribution is -0.136. The third-order valence-corrected chi connectivity index (χ3v) is 5.48. The molecule has 1 fully saturated rings. The van der Waals surface area contributed by atoms with E-state index < -0.39 is 29.5 Å². The Hall–Kier alpha value is -4.04. The summed E-state index contributed by atoms with van der Waals surface area (Å²) < 4.78 is 10.8. The molecule has 1 aliphatic rings. The zero-order valence-corrected chi connectivity index (χ0v) is 18.1. The molecule has 1 unspecified atom stereocenters. The fraction of sp³-hybridized carbons (Fsp3) is 0.125. The largest absolute Gasteiger partial charge is 0.507 e. The Morgan fingerprint density at radius 3 is 2.45 bits per heavy atom. The number of anilines is 1. The smallest absolute Gasteiger partial charge is 0.307 e. The lowest BCUT2D eigenvalue weighted by Crippen LogP contribution is -2.29. The molecular weight excluding hydrogens is 450 g/mol. The Kier molecular flexibility index (Phi) is 5.93. The van der Waals surface area contributed by atoms with Gasteiger partial charge in [-0.3, -0.25) is 19.3 Å². The van der Waals surface area contributed by atoms with Crippen LogP contribution in [0, 0.1) is 0 Å². The van der Waals surface area contributed by atoms with Gasteiger partial charge in [-0.25, -0.2) is 0 Å². The number of carbonyl (C=O) groups is 3. The molecule has 33 heavy (non-hydrogen) atoms. The van der Waals surface area contributed by atoms with Gasteiger partial charge in [-0.1, -0.05) is 23.7 Å². The Morgan fingerprint density at radius 1 is 1.12 bits per heavy atom. The molecule has 1 amide bonds. The zero-order chi connectivity index (χ0) is 23.7. The van der Waals surface area contributed by atoms with Crippen molar-refractivity contribution in [3.05, 3.63) is 88.3 Å². The standard InChI is InChI=1S/C24H18ClNO7/c1-32-17-9-6-14(25)12-16(17)22(29)20-21(18-3-2-10-33-18)26(24(31)23(20)30)15-7-4-13(5-8-15)11-19(27)28/h2-10,12,21,29H,11H2,1H3,(H,27,28)/b22-20-. The van der Waals surface area contributed by atoms with Gasteiger partial charge in [0.15, 0.2) is 0 Å². The van der Waals surface area contributed by atoms with Gasteiger partial charge in [0.05, 0.1) is 30.9 Å². The van der Waals surface area contributed by atoms with Crippen molar-refractivity contribution < 1.29 is 33.8 Å². The van der Waals surface area contributed by atoms with Gasteiger partial charge >= 0.3 is 5.97 Å². The van der Waals surface area contributed by atoms with Crippen molar-refractivity contribution in [2.24, 2.45) is 0 Å². The van der Waals surface area contributed by atoms with Gasteiger partial charge in [-0.15, -0.1) is 0 Å². The number of aliphatic carboxylic acids is 1. The number of methoxy groups -OCH3 is 1. The average molecular weight is 468 g/mol. The monoisotopic (exact) mass is 467 g/mol. The molecule has 1 aliphatic heterocycles. The van der Waals surface area contributed by atoms with Crippen molar-refractivity contribution in [2.45, 2.75) is 12.5 Å². The predicted molar refractivity (Wildman–Crippen MR) is 119 cm³/mol. The van der Waals surface area contributed by atoms with E-state index in [2.05, 4.69) is 0 Å². The van der Waals surface area contributed by atoms with Crippen molar-refractivity contribution >= 4 is 40.7 Å². The van der Waals surface area contributed by atoms with Crippen molar-refractivity contribution in [1.82, 2.24) is 0 Å². The fourth-order valence-electron chi connectivity index (χ4n) is 3.77. The van der Waals surface area contributed by atoms with Crippen LogP contribution in [0.2, 0.25) is 5.02 Å². The van der Waals surface area contributed by atoms with Crippen LogP contribution in [0.1, 0.15) is 22.9 Å². The molecule has 2 aromatic carbocycles. The number of amides is 1. The lowest BCUT2D eigenvalue weighted by atomic mass is 9.98. The molecule has 0 aliphatic carbocycles. The topological polar surface area (TPSA) is 117 Å². The summed E-state index contributed by atoms with van der Waals surface area (Å²) in [5, 5.41) is 20.4. The number of hydrogen-bond acceptors (Lipinski definition) is 6. The van der Waals surface area contributed by atoms with E-state index in [1.807, 2.05) is 0 Å². The third-order valence-electron chi connectivity index (χ3n) is 5.24. The molecule has 2 heterocycles. The van der Waals surface area contributed by atoms with Crippen LogP contribution >= 0.6 is 11.6 Å². The number of ketones is 1. The number of Topliss-reactive ketones (excluding diaryl/α,β-unsaturated/α-hetero) is 1. The van der Waals surface area contributed by atoms with E-state index in [9.17, 15) is 19.5 Å². The summed E-state index contributed by atoms with van der Waals surface area (Å²) in [7, 11) is 1.40. The molecule has 4 rings (SSSR count). The van der Waals surface area contributed by atoms with Gasteiger partial charge in [-0.05, 0) is 48.0 Å². The van der Waals surface area contributed by atoms with E-state index in [0.717, 1.165) is 0 Å². The normalized spacial score (nSPS) is 17.4. The van der Waals surface area contributed by atoms with Gasteiger partial charge in [0.1, 0.15) is 23.3 Å². The van der Waals surface area contributed by atoms with E-state index in [1.165, 1.54) is 30.4 Å². The average Bonchev–Trinajstić information content (AvgIpc) is 3.41. The maximum Gasteiger partial charge on any atom is 0.307 e. The van der Waals surface area contributed by atoms with Gasteiger partial charge in [0.25, 0.3) is 11.7 Å². The Labute approximate surface area is 193 Å². The number of ether oxygens (including phenoxy) is 1. The molecule has 0 saturated carbocycles. The van der Waals surface area contributed by atoms with Gasteiger partial charge in [0.2, 0.25) is 0 Å². The van der Waals surface area contributed by atoms with Crippen LogP contribution in [0.15, 0.2) is 70.9 Å². The molecule has 3 aromatic rings. The molecule has 8 nitrogen and oxygen atoms in total. The molecule has 2 N–H and O–H groups in total. The van der Waals surface area contributed by atoms with Crippen LogP contribution in [-0.2, 0) is 20.8 Å². The summed E-state index contributed by atoms with van der Waals surface area (Å²) in [6, 6.07) is 12.9. The predicted octanol–water partition coefficient (Wildman–Crippen LogP) is 4.20. The van der Waals surface area contributed by atoms with Crippen molar-refractivity contribution in [2.75, 3.05) is 12.0 Å². The molecule has 0 spiro atoms. The van der Waals surface area contributed by atoms with E-state index in [0.29, 0.717) is 16.3 Å². The first-order valence-corrected chi connectivity index (χ1v) is 10.2. The number of aliphatic hydroxyl groups is 1. The first-order chi connectivity index (χ1) is 15.8. The maximum atomic E-state index is 13.1. The Bertz CT molecular complexity index is 1260. The summed E-state index contributed by atoms with van der Waals surface area (Å²) >= 11 is 6.09. The second-order valence-corrected chi connectivity index (χ2v) is 7.70. The number of nitrogens with zero attached hydrogens (tertiary/aromatic N) is 1. The van der Waals surface area contributed by atoms with Crippen LogP contribution in [0.5, 0.6) is 5.75 Å². The SMILES string of the molecule is COc1ccc(Cl)cc1/C(O)=C1/C(=O)C(=O)N(c2ccc(CC(=O)O)cc2)C1c1ccco1. The number of furan rings is 1. The van der Waals surface area contributed by atoms with Crippen LogP contribution < -0.4 is 9.64 Å². The van der Waals surface area contributed by atoms with E-state index in [1.54, 1.807) is 42.5 Å². The summed E-state index contributed by atoms with van der Waals surface area (Å²) in [5.74, 6) is -2.71.